The number of hydrogen-bond donors (Lipinski definition) is 2. The van der Waals surface area contributed by atoms with Gasteiger partial charge in [0.1, 0.15) is 12.4 Å². The monoisotopic (exact) mass is 429 g/mol. The lowest BCUT2D eigenvalue weighted by molar-refractivity contribution is 0.0647. The van der Waals surface area contributed by atoms with E-state index in [0.29, 0.717) is 5.69 Å². The average molecular weight is 429 g/mol. The molecule has 0 atom stereocenters. The number of aryl methyl sites for hydroxylation is 1. The van der Waals surface area contributed by atoms with E-state index in [2.05, 4.69) is 0 Å². The van der Waals surface area contributed by atoms with Gasteiger partial charge in [0.05, 0.1) is 12.2 Å². The predicted octanol–water partition coefficient (Wildman–Crippen LogP) is 2.76. The van der Waals surface area contributed by atoms with Crippen LogP contribution in [0.25, 0.3) is 0 Å². The Morgan fingerprint density at radius 2 is 1.83 bits per heavy atom. The number of aromatic carboxylic acids is 1. The highest BCUT2D eigenvalue weighted by molar-refractivity contribution is 7.74. The fourth-order valence-corrected chi connectivity index (χ4v) is 3.36. The molecule has 3 aromatic rings. The van der Waals surface area contributed by atoms with Gasteiger partial charge in [-0.3, -0.25) is 9.10 Å². The zero-order chi connectivity index (χ0) is 21.7. The van der Waals surface area contributed by atoms with Crippen LogP contribution in [0.5, 0.6) is 5.75 Å². The normalized spacial score (nSPS) is 10.7. The Bertz CT molecular complexity index is 1180. The van der Waals surface area contributed by atoms with Crippen molar-refractivity contribution in [3.8, 4) is 5.75 Å². The SMILES string of the molecule is Cc1cccc(N(Cc2cc(=O)c(OCc3ccccc3)c(C(=O)O)o2)[SH](=O)=O)c1. The highest BCUT2D eigenvalue weighted by atomic mass is 32.2. The van der Waals surface area contributed by atoms with Gasteiger partial charge in [-0.25, -0.2) is 13.2 Å². The maximum atomic E-state index is 12.5. The third kappa shape index (κ3) is 5.06. The molecule has 156 valence electrons. The number of carbonyl (C=O) groups is 1. The van der Waals surface area contributed by atoms with Crippen LogP contribution in [0.1, 0.15) is 27.4 Å². The summed E-state index contributed by atoms with van der Waals surface area (Å²) in [4.78, 5) is 24.1. The molecule has 0 spiro atoms. The van der Waals surface area contributed by atoms with Crippen molar-refractivity contribution >= 4 is 22.5 Å². The zero-order valence-electron chi connectivity index (χ0n) is 16.0. The Labute approximate surface area is 174 Å². The zero-order valence-corrected chi connectivity index (χ0v) is 16.9. The first-order valence-corrected chi connectivity index (χ1v) is 10.0. The van der Waals surface area contributed by atoms with E-state index in [1.165, 1.54) is 0 Å². The Kier molecular flexibility index (Phi) is 6.53. The van der Waals surface area contributed by atoms with Crippen molar-refractivity contribution in [2.24, 2.45) is 0 Å². The van der Waals surface area contributed by atoms with Crippen molar-refractivity contribution in [2.75, 3.05) is 4.31 Å². The number of ether oxygens (including phenoxy) is 1. The number of rotatable bonds is 8. The minimum atomic E-state index is -3.06. The van der Waals surface area contributed by atoms with Gasteiger partial charge in [-0.05, 0) is 30.2 Å². The fraction of sp³-hybridized carbons (Fsp3) is 0.143. The number of hydrogen-bond acceptors (Lipinski definition) is 6. The first-order chi connectivity index (χ1) is 14.3. The van der Waals surface area contributed by atoms with Gasteiger partial charge in [-0.2, -0.15) is 0 Å². The van der Waals surface area contributed by atoms with Crippen LogP contribution in [-0.2, 0) is 24.0 Å². The number of anilines is 1. The molecule has 0 aliphatic heterocycles. The summed E-state index contributed by atoms with van der Waals surface area (Å²) in [6.07, 6.45) is 0. The standard InChI is InChI=1S/C21H19NO7S/c1-14-6-5-9-16(10-14)22(30(26)27)12-17-11-18(23)19(20(29-17)21(24)25)28-13-15-7-3-2-4-8-15/h2-11,30H,12-13H2,1H3,(H,24,25). The molecule has 1 N–H and O–H groups in total. The Morgan fingerprint density at radius 3 is 2.47 bits per heavy atom. The molecule has 9 heteroatoms. The van der Waals surface area contributed by atoms with Gasteiger partial charge in [0, 0.05) is 6.07 Å². The molecule has 0 saturated carbocycles. The average Bonchev–Trinajstić information content (AvgIpc) is 2.71. The van der Waals surface area contributed by atoms with E-state index in [4.69, 9.17) is 9.15 Å². The van der Waals surface area contributed by atoms with Crippen molar-refractivity contribution in [1.29, 1.82) is 0 Å². The molecule has 0 aliphatic carbocycles. The van der Waals surface area contributed by atoms with E-state index >= 15 is 0 Å². The maximum Gasteiger partial charge on any atom is 0.375 e. The number of benzene rings is 2. The van der Waals surface area contributed by atoms with Crippen LogP contribution in [0.15, 0.2) is 69.9 Å². The molecule has 2 aromatic carbocycles. The van der Waals surface area contributed by atoms with Gasteiger partial charge in [-0.15, -0.1) is 0 Å². The second-order valence-electron chi connectivity index (χ2n) is 6.45. The molecule has 8 nitrogen and oxygen atoms in total. The van der Waals surface area contributed by atoms with Crippen LogP contribution in [-0.4, -0.2) is 19.5 Å². The van der Waals surface area contributed by atoms with Crippen LogP contribution in [0, 0.1) is 6.92 Å². The molecule has 0 radical (unpaired) electrons. The van der Waals surface area contributed by atoms with Crippen LogP contribution in [0.2, 0.25) is 0 Å². The van der Waals surface area contributed by atoms with Crippen LogP contribution in [0.4, 0.5) is 5.69 Å². The number of nitrogens with zero attached hydrogens (tertiary/aromatic N) is 1. The smallest absolute Gasteiger partial charge is 0.375 e. The number of thiol groups is 1. The molecule has 0 saturated heterocycles. The van der Waals surface area contributed by atoms with Crippen molar-refractivity contribution in [1.82, 2.24) is 0 Å². The van der Waals surface area contributed by atoms with Crippen LogP contribution < -0.4 is 14.5 Å². The van der Waals surface area contributed by atoms with Gasteiger partial charge in [0.15, 0.2) is 0 Å². The molecule has 0 aliphatic rings. The third-order valence-electron chi connectivity index (χ3n) is 4.18. The van der Waals surface area contributed by atoms with Gasteiger partial charge >= 0.3 is 5.97 Å². The molecule has 0 unspecified atom stereocenters. The van der Waals surface area contributed by atoms with E-state index in [1.54, 1.807) is 55.5 Å². The molecular formula is C21H19NO7S. The first kappa shape index (κ1) is 21.1. The quantitative estimate of drug-likeness (QED) is 0.529. The second kappa shape index (κ2) is 9.27. The van der Waals surface area contributed by atoms with E-state index in [0.717, 1.165) is 21.5 Å². The Balaban J connectivity index is 1.92. The molecule has 0 bridgehead atoms. The summed E-state index contributed by atoms with van der Waals surface area (Å²) in [5.74, 6) is -2.74. The van der Waals surface area contributed by atoms with Crippen molar-refractivity contribution < 1.29 is 27.5 Å². The molecule has 30 heavy (non-hydrogen) atoms. The first-order valence-electron chi connectivity index (χ1n) is 8.90. The lowest BCUT2D eigenvalue weighted by Gasteiger charge is -2.18. The van der Waals surface area contributed by atoms with Crippen LogP contribution in [0.3, 0.4) is 0 Å². The van der Waals surface area contributed by atoms with Gasteiger partial charge in [0.25, 0.3) is 5.76 Å². The van der Waals surface area contributed by atoms with E-state index in [9.17, 15) is 23.1 Å². The molecular weight excluding hydrogens is 410 g/mol. The third-order valence-corrected chi connectivity index (χ3v) is 4.94. The molecule has 0 amide bonds. The summed E-state index contributed by atoms with van der Waals surface area (Å²) in [6.45, 7) is 1.45. The molecule has 1 aromatic heterocycles. The summed E-state index contributed by atoms with van der Waals surface area (Å²) in [6, 6.07) is 16.7. The summed E-state index contributed by atoms with van der Waals surface area (Å²) in [7, 11) is -3.06. The molecule has 1 heterocycles. The predicted molar refractivity (Wildman–Crippen MR) is 110 cm³/mol. The highest BCUT2D eigenvalue weighted by Crippen LogP contribution is 2.22. The highest BCUT2D eigenvalue weighted by Gasteiger charge is 2.22. The Morgan fingerprint density at radius 1 is 1.10 bits per heavy atom. The second-order valence-corrected chi connectivity index (χ2v) is 7.41. The minimum Gasteiger partial charge on any atom is -0.481 e. The van der Waals surface area contributed by atoms with Gasteiger partial charge < -0.3 is 14.3 Å². The number of carboxylic acid groups (broad SMARTS) is 1. The maximum absolute atomic E-state index is 12.5. The molecule has 3 rings (SSSR count). The van der Waals surface area contributed by atoms with Crippen molar-refractivity contribution in [3.05, 3.63) is 93.5 Å². The molecule has 0 fully saturated rings. The topological polar surface area (TPSA) is 114 Å². The summed E-state index contributed by atoms with van der Waals surface area (Å²) in [5, 5.41) is 9.46. The van der Waals surface area contributed by atoms with Crippen molar-refractivity contribution in [2.45, 2.75) is 20.1 Å². The van der Waals surface area contributed by atoms with Gasteiger partial charge in [0.2, 0.25) is 22.1 Å². The van der Waals surface area contributed by atoms with Crippen molar-refractivity contribution in [3.63, 3.8) is 0 Å². The van der Waals surface area contributed by atoms with Crippen LogP contribution >= 0.6 is 0 Å². The fourth-order valence-electron chi connectivity index (χ4n) is 2.80. The van der Waals surface area contributed by atoms with E-state index in [1.807, 2.05) is 6.07 Å². The van der Waals surface area contributed by atoms with Gasteiger partial charge in [-0.1, -0.05) is 42.5 Å². The lowest BCUT2D eigenvalue weighted by atomic mass is 10.2. The lowest BCUT2D eigenvalue weighted by Crippen LogP contribution is -2.22. The number of carboxylic acids is 1. The largest absolute Gasteiger partial charge is 0.481 e. The Hall–Kier alpha value is -3.59. The summed E-state index contributed by atoms with van der Waals surface area (Å²) in [5.41, 5.74) is 1.24. The van der Waals surface area contributed by atoms with E-state index in [-0.39, 0.29) is 18.9 Å². The summed E-state index contributed by atoms with van der Waals surface area (Å²) >= 11 is 0. The minimum absolute atomic E-state index is 0.0208. The summed E-state index contributed by atoms with van der Waals surface area (Å²) < 4.78 is 35.2. The van der Waals surface area contributed by atoms with E-state index < -0.39 is 33.8 Å².